The highest BCUT2D eigenvalue weighted by Crippen LogP contribution is 2.26. The summed E-state index contributed by atoms with van der Waals surface area (Å²) in [6.45, 7) is 8.73. The quantitative estimate of drug-likeness (QED) is 0.684. The Hall–Kier alpha value is -1.56. The van der Waals surface area contributed by atoms with Crippen LogP contribution in [0.3, 0.4) is 0 Å². The Bertz CT molecular complexity index is 536. The molecule has 0 unspecified atom stereocenters. The van der Waals surface area contributed by atoms with E-state index in [1.165, 1.54) is 33.4 Å². The van der Waals surface area contributed by atoms with Crippen LogP contribution in [0.2, 0.25) is 0 Å². The predicted molar refractivity (Wildman–Crippen MR) is 75.5 cm³/mol. The summed E-state index contributed by atoms with van der Waals surface area (Å²) in [5.74, 6) is 0. The molecule has 0 aliphatic heterocycles. The second kappa shape index (κ2) is 4.75. The van der Waals surface area contributed by atoms with Crippen molar-refractivity contribution in [2.45, 2.75) is 34.1 Å². The molecule has 88 valence electrons. The molecule has 0 radical (unpaired) electrons. The van der Waals surface area contributed by atoms with Crippen LogP contribution in [0.15, 0.2) is 36.4 Å². The van der Waals surface area contributed by atoms with E-state index in [1.807, 2.05) is 0 Å². The highest BCUT2D eigenvalue weighted by atomic mass is 14.1. The second-order valence-electron chi connectivity index (χ2n) is 4.80. The zero-order valence-electron chi connectivity index (χ0n) is 11.2. The Morgan fingerprint density at radius 2 is 1.47 bits per heavy atom. The minimum atomic E-state index is 1.10. The van der Waals surface area contributed by atoms with Gasteiger partial charge >= 0.3 is 0 Å². The van der Waals surface area contributed by atoms with Crippen molar-refractivity contribution in [3.8, 4) is 11.1 Å². The molecule has 0 fully saturated rings. The summed E-state index contributed by atoms with van der Waals surface area (Å²) in [6, 6.07) is 13.5. The van der Waals surface area contributed by atoms with Crippen molar-refractivity contribution in [3.05, 3.63) is 58.7 Å². The highest BCUT2D eigenvalue weighted by Gasteiger charge is 2.04. The van der Waals surface area contributed by atoms with Gasteiger partial charge in [-0.05, 0) is 60.6 Å². The summed E-state index contributed by atoms with van der Waals surface area (Å²) in [5, 5.41) is 0. The van der Waals surface area contributed by atoms with Gasteiger partial charge in [0.15, 0.2) is 0 Å². The van der Waals surface area contributed by atoms with Gasteiger partial charge in [-0.2, -0.15) is 0 Å². The molecular weight excluding hydrogens is 204 g/mol. The van der Waals surface area contributed by atoms with Crippen molar-refractivity contribution in [3.63, 3.8) is 0 Å². The number of rotatable bonds is 2. The molecule has 0 saturated heterocycles. The van der Waals surface area contributed by atoms with E-state index in [0.717, 1.165) is 6.42 Å². The lowest BCUT2D eigenvalue weighted by Gasteiger charge is -2.10. The van der Waals surface area contributed by atoms with Crippen molar-refractivity contribution in [2.75, 3.05) is 0 Å². The van der Waals surface area contributed by atoms with Gasteiger partial charge in [0, 0.05) is 0 Å². The first-order chi connectivity index (χ1) is 8.11. The molecule has 17 heavy (non-hydrogen) atoms. The molecular formula is C17H20. The summed E-state index contributed by atoms with van der Waals surface area (Å²) >= 11 is 0. The first-order valence-electron chi connectivity index (χ1n) is 6.29. The monoisotopic (exact) mass is 224 g/mol. The van der Waals surface area contributed by atoms with Crippen molar-refractivity contribution >= 4 is 0 Å². The molecule has 0 N–H and O–H groups in total. The second-order valence-corrected chi connectivity index (χ2v) is 4.80. The molecule has 2 aromatic carbocycles. The molecule has 0 atom stereocenters. The number of hydrogen-bond donors (Lipinski definition) is 0. The molecule has 2 aromatic rings. The third kappa shape index (κ3) is 2.41. The fraction of sp³-hybridized carbons (Fsp3) is 0.294. The highest BCUT2D eigenvalue weighted by molar-refractivity contribution is 5.69. The van der Waals surface area contributed by atoms with Gasteiger partial charge in [-0.1, -0.05) is 43.3 Å². The molecule has 0 spiro atoms. The summed E-state index contributed by atoms with van der Waals surface area (Å²) in [6.07, 6.45) is 1.10. The maximum absolute atomic E-state index is 2.32. The minimum absolute atomic E-state index is 1.10. The van der Waals surface area contributed by atoms with Gasteiger partial charge in [0.25, 0.3) is 0 Å². The van der Waals surface area contributed by atoms with Gasteiger partial charge in [0.05, 0.1) is 0 Å². The van der Waals surface area contributed by atoms with Crippen LogP contribution in [0.5, 0.6) is 0 Å². The summed E-state index contributed by atoms with van der Waals surface area (Å²) < 4.78 is 0. The summed E-state index contributed by atoms with van der Waals surface area (Å²) in [7, 11) is 0. The molecule has 0 aliphatic rings. The van der Waals surface area contributed by atoms with Gasteiger partial charge in [0.2, 0.25) is 0 Å². The van der Waals surface area contributed by atoms with E-state index in [0.29, 0.717) is 0 Å². The van der Waals surface area contributed by atoms with E-state index >= 15 is 0 Å². The third-order valence-electron chi connectivity index (χ3n) is 3.53. The molecule has 2 rings (SSSR count). The summed E-state index contributed by atoms with van der Waals surface area (Å²) in [4.78, 5) is 0. The molecule has 0 aliphatic carbocycles. The number of benzene rings is 2. The van der Waals surface area contributed by atoms with Gasteiger partial charge < -0.3 is 0 Å². The van der Waals surface area contributed by atoms with Crippen LogP contribution in [0.1, 0.15) is 29.2 Å². The Labute approximate surface area is 104 Å². The Morgan fingerprint density at radius 1 is 0.765 bits per heavy atom. The maximum Gasteiger partial charge on any atom is -0.0152 e. The van der Waals surface area contributed by atoms with Crippen LogP contribution in [0.25, 0.3) is 11.1 Å². The zero-order chi connectivity index (χ0) is 12.4. The Balaban J connectivity index is 2.55. The number of aryl methyl sites for hydroxylation is 4. The van der Waals surface area contributed by atoms with Crippen LogP contribution < -0.4 is 0 Å². The van der Waals surface area contributed by atoms with Gasteiger partial charge in [0.1, 0.15) is 0 Å². The van der Waals surface area contributed by atoms with E-state index < -0.39 is 0 Å². The normalized spacial score (nSPS) is 10.6. The van der Waals surface area contributed by atoms with Gasteiger partial charge in [-0.15, -0.1) is 0 Å². The lowest BCUT2D eigenvalue weighted by molar-refractivity contribution is 1.14. The van der Waals surface area contributed by atoms with Gasteiger partial charge in [-0.3, -0.25) is 0 Å². The summed E-state index contributed by atoms with van der Waals surface area (Å²) in [5.41, 5.74) is 8.18. The van der Waals surface area contributed by atoms with E-state index in [9.17, 15) is 0 Å². The van der Waals surface area contributed by atoms with Crippen LogP contribution in [0.4, 0.5) is 0 Å². The van der Waals surface area contributed by atoms with Crippen molar-refractivity contribution in [1.29, 1.82) is 0 Å². The van der Waals surface area contributed by atoms with Crippen molar-refractivity contribution in [1.82, 2.24) is 0 Å². The smallest absolute Gasteiger partial charge is 0.0152 e. The molecule has 0 aromatic heterocycles. The molecule has 0 heterocycles. The van der Waals surface area contributed by atoms with E-state index in [4.69, 9.17) is 0 Å². The topological polar surface area (TPSA) is 0 Å². The standard InChI is InChI=1S/C17H20/c1-5-15-8-6-13(3)17(11-15)16-9-7-12(2)14(4)10-16/h6-11H,5H2,1-4H3. The lowest BCUT2D eigenvalue weighted by atomic mass is 9.95. The zero-order valence-corrected chi connectivity index (χ0v) is 11.2. The van der Waals surface area contributed by atoms with Crippen LogP contribution in [-0.4, -0.2) is 0 Å². The van der Waals surface area contributed by atoms with Crippen molar-refractivity contribution in [2.24, 2.45) is 0 Å². The molecule has 0 amide bonds. The van der Waals surface area contributed by atoms with Crippen LogP contribution >= 0.6 is 0 Å². The molecule has 0 heteroatoms. The van der Waals surface area contributed by atoms with Crippen molar-refractivity contribution < 1.29 is 0 Å². The SMILES string of the molecule is CCc1ccc(C)c(-c2ccc(C)c(C)c2)c1. The first kappa shape index (κ1) is 11.9. The van der Waals surface area contributed by atoms with E-state index in [1.54, 1.807) is 0 Å². The minimum Gasteiger partial charge on any atom is -0.0613 e. The number of hydrogen-bond acceptors (Lipinski definition) is 0. The first-order valence-corrected chi connectivity index (χ1v) is 6.29. The third-order valence-corrected chi connectivity index (χ3v) is 3.53. The fourth-order valence-corrected chi connectivity index (χ4v) is 2.11. The van der Waals surface area contributed by atoms with Crippen LogP contribution in [-0.2, 0) is 6.42 Å². The molecule has 0 nitrogen and oxygen atoms in total. The van der Waals surface area contributed by atoms with Crippen LogP contribution in [0, 0.1) is 20.8 Å². The maximum atomic E-state index is 2.32. The average Bonchev–Trinajstić information content (AvgIpc) is 2.33. The Kier molecular flexibility index (Phi) is 3.33. The Morgan fingerprint density at radius 3 is 2.12 bits per heavy atom. The predicted octanol–water partition coefficient (Wildman–Crippen LogP) is 4.84. The largest absolute Gasteiger partial charge is 0.0613 e. The lowest BCUT2D eigenvalue weighted by Crippen LogP contribution is -1.89. The van der Waals surface area contributed by atoms with Gasteiger partial charge in [-0.25, -0.2) is 0 Å². The molecule has 0 saturated carbocycles. The average molecular weight is 224 g/mol. The van der Waals surface area contributed by atoms with E-state index in [-0.39, 0.29) is 0 Å². The molecule has 0 bridgehead atoms. The van der Waals surface area contributed by atoms with E-state index in [2.05, 4.69) is 64.1 Å². The fourth-order valence-electron chi connectivity index (χ4n) is 2.11.